The van der Waals surface area contributed by atoms with Crippen LogP contribution in [0.5, 0.6) is 0 Å². The average Bonchev–Trinajstić information content (AvgIpc) is 3.19. The first kappa shape index (κ1) is 24.6. The SMILES string of the molecule is Cc1ccc(CNC(=O)[C@H]2C[C@@H](O)CN2C(=O)[C@H]2CCCN(S(=O)(=O)N3CC(C#N)C3)C2)cc1. The van der Waals surface area contributed by atoms with E-state index >= 15 is 0 Å². The van der Waals surface area contributed by atoms with Crippen molar-refractivity contribution in [3.8, 4) is 6.07 Å². The van der Waals surface area contributed by atoms with Crippen LogP contribution in [0.4, 0.5) is 0 Å². The summed E-state index contributed by atoms with van der Waals surface area (Å²) in [5.41, 5.74) is 2.06. The van der Waals surface area contributed by atoms with E-state index in [1.165, 1.54) is 13.5 Å². The van der Waals surface area contributed by atoms with Gasteiger partial charge in [0.25, 0.3) is 10.2 Å². The highest BCUT2D eigenvalue weighted by atomic mass is 32.2. The van der Waals surface area contributed by atoms with Crippen molar-refractivity contribution >= 4 is 22.0 Å². The quantitative estimate of drug-likeness (QED) is 0.577. The van der Waals surface area contributed by atoms with E-state index in [0.717, 1.165) is 11.1 Å². The zero-order chi connectivity index (χ0) is 24.5. The molecular weight excluding hydrogens is 458 g/mol. The molecule has 2 amide bonds. The Bertz CT molecular complexity index is 1060. The number of benzene rings is 1. The summed E-state index contributed by atoms with van der Waals surface area (Å²) in [7, 11) is -3.73. The summed E-state index contributed by atoms with van der Waals surface area (Å²) >= 11 is 0. The number of hydrogen-bond donors (Lipinski definition) is 2. The maximum atomic E-state index is 13.4. The van der Waals surface area contributed by atoms with E-state index in [1.807, 2.05) is 31.2 Å². The molecule has 0 aliphatic carbocycles. The number of hydrogen-bond acceptors (Lipinski definition) is 6. The summed E-state index contributed by atoms with van der Waals surface area (Å²) in [5, 5.41) is 22.0. The second-order valence-electron chi connectivity index (χ2n) is 9.45. The number of likely N-dealkylation sites (tertiary alicyclic amines) is 1. The van der Waals surface area contributed by atoms with Crippen molar-refractivity contribution in [3.63, 3.8) is 0 Å². The number of nitriles is 1. The zero-order valence-corrected chi connectivity index (χ0v) is 20.1. The Morgan fingerprint density at radius 1 is 1.15 bits per heavy atom. The van der Waals surface area contributed by atoms with Gasteiger partial charge in [-0.15, -0.1) is 0 Å². The molecule has 1 aromatic rings. The Morgan fingerprint density at radius 2 is 1.85 bits per heavy atom. The fraction of sp³-hybridized carbons (Fsp3) is 0.609. The highest BCUT2D eigenvalue weighted by molar-refractivity contribution is 7.86. The molecule has 2 N–H and O–H groups in total. The van der Waals surface area contributed by atoms with Crippen LogP contribution in [0, 0.1) is 30.1 Å². The van der Waals surface area contributed by atoms with Gasteiger partial charge in [-0.2, -0.15) is 22.3 Å². The minimum Gasteiger partial charge on any atom is -0.391 e. The van der Waals surface area contributed by atoms with Crippen molar-refractivity contribution in [3.05, 3.63) is 35.4 Å². The third-order valence-electron chi connectivity index (χ3n) is 6.87. The number of rotatable bonds is 6. The number of aliphatic hydroxyl groups excluding tert-OH is 1. The normalized spacial score (nSPS) is 26.6. The summed E-state index contributed by atoms with van der Waals surface area (Å²) in [6, 6.07) is 9.05. The predicted molar refractivity (Wildman–Crippen MR) is 123 cm³/mol. The number of amides is 2. The molecule has 4 rings (SSSR count). The predicted octanol–water partition coefficient (Wildman–Crippen LogP) is -0.0148. The summed E-state index contributed by atoms with van der Waals surface area (Å²) in [5.74, 6) is -1.49. The van der Waals surface area contributed by atoms with Gasteiger partial charge in [0.05, 0.1) is 24.0 Å². The van der Waals surface area contributed by atoms with Crippen molar-refractivity contribution in [2.24, 2.45) is 11.8 Å². The highest BCUT2D eigenvalue weighted by Gasteiger charge is 2.45. The lowest BCUT2D eigenvalue weighted by Crippen LogP contribution is -2.57. The van der Waals surface area contributed by atoms with Crippen LogP contribution in [0.25, 0.3) is 0 Å². The van der Waals surface area contributed by atoms with Gasteiger partial charge in [0.2, 0.25) is 11.8 Å². The van der Waals surface area contributed by atoms with E-state index in [-0.39, 0.29) is 50.3 Å². The van der Waals surface area contributed by atoms with Gasteiger partial charge in [-0.05, 0) is 25.3 Å². The number of carbonyl (C=O) groups is 2. The summed E-state index contributed by atoms with van der Waals surface area (Å²) in [4.78, 5) is 27.7. The summed E-state index contributed by atoms with van der Waals surface area (Å²) in [6.45, 7) is 3.08. The van der Waals surface area contributed by atoms with E-state index in [2.05, 4.69) is 11.4 Å². The van der Waals surface area contributed by atoms with Gasteiger partial charge in [-0.25, -0.2) is 0 Å². The largest absolute Gasteiger partial charge is 0.391 e. The smallest absolute Gasteiger partial charge is 0.282 e. The fourth-order valence-electron chi connectivity index (χ4n) is 4.78. The molecule has 0 unspecified atom stereocenters. The van der Waals surface area contributed by atoms with Gasteiger partial charge < -0.3 is 15.3 Å². The van der Waals surface area contributed by atoms with Gasteiger partial charge in [0, 0.05) is 45.7 Å². The molecule has 0 radical (unpaired) electrons. The second-order valence-corrected chi connectivity index (χ2v) is 11.4. The average molecular weight is 490 g/mol. The molecular formula is C23H31N5O5S. The summed E-state index contributed by atoms with van der Waals surface area (Å²) in [6.07, 6.45) is 0.414. The zero-order valence-electron chi connectivity index (χ0n) is 19.3. The molecule has 3 aliphatic rings. The molecule has 11 heteroatoms. The molecule has 3 heterocycles. The first-order valence-electron chi connectivity index (χ1n) is 11.7. The Balaban J connectivity index is 1.38. The van der Waals surface area contributed by atoms with Crippen LogP contribution in [0.1, 0.15) is 30.4 Å². The van der Waals surface area contributed by atoms with Crippen molar-refractivity contribution in [1.82, 2.24) is 18.8 Å². The second kappa shape index (κ2) is 10.00. The molecule has 34 heavy (non-hydrogen) atoms. The third-order valence-corrected chi connectivity index (χ3v) is 8.80. The first-order valence-corrected chi connectivity index (χ1v) is 13.1. The monoisotopic (exact) mass is 489 g/mol. The number of piperidine rings is 1. The topological polar surface area (TPSA) is 134 Å². The molecule has 10 nitrogen and oxygen atoms in total. The number of nitrogens with zero attached hydrogens (tertiary/aromatic N) is 4. The molecule has 3 aliphatic heterocycles. The van der Waals surface area contributed by atoms with Crippen LogP contribution in [0.3, 0.4) is 0 Å². The fourth-order valence-corrected chi connectivity index (χ4v) is 6.57. The number of nitrogens with one attached hydrogen (secondary N) is 1. The van der Waals surface area contributed by atoms with Crippen LogP contribution in [0.2, 0.25) is 0 Å². The number of aryl methyl sites for hydroxylation is 1. The van der Waals surface area contributed by atoms with Crippen LogP contribution in [-0.4, -0.2) is 83.7 Å². The molecule has 3 fully saturated rings. The molecule has 184 valence electrons. The van der Waals surface area contributed by atoms with Crippen LogP contribution < -0.4 is 5.32 Å². The maximum Gasteiger partial charge on any atom is 0.282 e. The van der Waals surface area contributed by atoms with E-state index in [9.17, 15) is 23.1 Å². The molecule has 0 spiro atoms. The molecule has 0 aromatic heterocycles. The van der Waals surface area contributed by atoms with Crippen LogP contribution in [-0.2, 0) is 26.3 Å². The minimum absolute atomic E-state index is 0.0409. The van der Waals surface area contributed by atoms with Gasteiger partial charge in [0.15, 0.2) is 0 Å². The lowest BCUT2D eigenvalue weighted by Gasteiger charge is -2.41. The standard InChI is InChI=1S/C23H31N5O5S/c1-16-4-6-17(7-5-16)11-25-22(30)21-9-20(29)15-28(21)23(31)19-3-2-8-26(14-19)34(32,33)27-12-18(10-24)13-27/h4-7,18-21,29H,2-3,8-9,11-15H2,1H3,(H,25,30)/t19-,20+,21+/m0/s1. The molecule has 0 saturated carbocycles. The number of carbonyl (C=O) groups excluding carboxylic acids is 2. The Morgan fingerprint density at radius 3 is 2.53 bits per heavy atom. The van der Waals surface area contributed by atoms with Crippen LogP contribution >= 0.6 is 0 Å². The van der Waals surface area contributed by atoms with Gasteiger partial charge in [-0.1, -0.05) is 29.8 Å². The lowest BCUT2D eigenvalue weighted by atomic mass is 9.97. The molecule has 3 atom stereocenters. The van der Waals surface area contributed by atoms with Crippen molar-refractivity contribution in [2.45, 2.75) is 44.9 Å². The van der Waals surface area contributed by atoms with Crippen molar-refractivity contribution in [2.75, 3.05) is 32.7 Å². The molecule has 3 saturated heterocycles. The maximum absolute atomic E-state index is 13.4. The molecule has 0 bridgehead atoms. The highest BCUT2D eigenvalue weighted by Crippen LogP contribution is 2.29. The third kappa shape index (κ3) is 5.10. The summed E-state index contributed by atoms with van der Waals surface area (Å²) < 4.78 is 28.4. The Kier molecular flexibility index (Phi) is 7.23. The Labute approximate surface area is 200 Å². The first-order chi connectivity index (χ1) is 16.2. The Hall–Kier alpha value is -2.52. The molecule has 1 aromatic carbocycles. The number of β-amino-alcohol motifs (C(OH)–C–C–N with tert-alkyl or cyclic N) is 1. The minimum atomic E-state index is -3.73. The van der Waals surface area contributed by atoms with Gasteiger partial charge in [0.1, 0.15) is 6.04 Å². The van der Waals surface area contributed by atoms with Crippen molar-refractivity contribution in [1.29, 1.82) is 5.26 Å². The van der Waals surface area contributed by atoms with Gasteiger partial charge in [-0.3, -0.25) is 9.59 Å². The van der Waals surface area contributed by atoms with Crippen molar-refractivity contribution < 1.29 is 23.1 Å². The lowest BCUT2D eigenvalue weighted by molar-refractivity contribution is -0.142. The van der Waals surface area contributed by atoms with E-state index in [1.54, 1.807) is 0 Å². The van der Waals surface area contributed by atoms with E-state index < -0.39 is 28.3 Å². The van der Waals surface area contributed by atoms with Gasteiger partial charge >= 0.3 is 0 Å². The van der Waals surface area contributed by atoms with E-state index in [4.69, 9.17) is 5.26 Å². The van der Waals surface area contributed by atoms with Crippen LogP contribution in [0.15, 0.2) is 24.3 Å². The van der Waals surface area contributed by atoms with E-state index in [0.29, 0.717) is 25.9 Å². The number of aliphatic hydroxyl groups is 1.